The summed E-state index contributed by atoms with van der Waals surface area (Å²) in [7, 11) is 0. The summed E-state index contributed by atoms with van der Waals surface area (Å²) >= 11 is 0. The van der Waals surface area contributed by atoms with Gasteiger partial charge in [-0.3, -0.25) is 0 Å². The lowest BCUT2D eigenvalue weighted by Gasteiger charge is -2.26. The number of carbonyl (C=O) groups excluding carboxylic acids is 1. The third-order valence-electron chi connectivity index (χ3n) is 5.40. The number of rotatable bonds is 3. The molecule has 0 aliphatic heterocycles. The average Bonchev–Trinajstić information content (AvgIpc) is 2.58. The van der Waals surface area contributed by atoms with Gasteiger partial charge >= 0.3 is 5.97 Å². The lowest BCUT2D eigenvalue weighted by Crippen LogP contribution is -2.23. The maximum Gasteiger partial charge on any atom is 0.338 e. The van der Waals surface area contributed by atoms with Crippen molar-refractivity contribution >= 4 is 11.5 Å². The summed E-state index contributed by atoms with van der Waals surface area (Å²) in [5, 5.41) is 0. The summed E-state index contributed by atoms with van der Waals surface area (Å²) in [5.41, 5.74) is 3.35. The van der Waals surface area contributed by atoms with Gasteiger partial charge in [-0.15, -0.1) is 0 Å². The van der Waals surface area contributed by atoms with Crippen LogP contribution in [-0.4, -0.2) is 12.1 Å². The Morgan fingerprint density at radius 2 is 1.65 bits per heavy atom. The third kappa shape index (κ3) is 4.25. The Bertz CT molecular complexity index is 562. The summed E-state index contributed by atoms with van der Waals surface area (Å²) < 4.78 is 5.67. The van der Waals surface area contributed by atoms with Crippen molar-refractivity contribution < 1.29 is 9.53 Å². The highest BCUT2D eigenvalue weighted by Gasteiger charge is 2.22. The molecule has 1 aromatic carbocycles. The largest absolute Gasteiger partial charge is 0.459 e. The average molecular weight is 312 g/mol. The number of esters is 1. The maximum absolute atomic E-state index is 12.3. The van der Waals surface area contributed by atoms with Crippen LogP contribution in [0.15, 0.2) is 30.3 Å². The first kappa shape index (κ1) is 16.3. The minimum Gasteiger partial charge on any atom is -0.459 e. The number of hydrogen-bond acceptors (Lipinski definition) is 2. The Morgan fingerprint density at radius 1 is 0.957 bits per heavy atom. The molecule has 2 aliphatic carbocycles. The SMILES string of the molecule is CC1CC=C(c2ccc(C(=O)OC3CCC(C)CC3)cc2)CC1. The van der Waals surface area contributed by atoms with E-state index in [9.17, 15) is 4.79 Å². The number of hydrogen-bond donors (Lipinski definition) is 0. The van der Waals surface area contributed by atoms with Gasteiger partial charge in [-0.2, -0.15) is 0 Å². The van der Waals surface area contributed by atoms with Gasteiger partial charge in [-0.25, -0.2) is 4.79 Å². The summed E-state index contributed by atoms with van der Waals surface area (Å²) in [5.74, 6) is 1.41. The molecule has 0 saturated heterocycles. The van der Waals surface area contributed by atoms with Crippen molar-refractivity contribution in [2.45, 2.75) is 64.9 Å². The molecule has 2 aliphatic rings. The van der Waals surface area contributed by atoms with Gasteiger partial charge in [0.1, 0.15) is 6.10 Å². The second-order valence-electron chi connectivity index (χ2n) is 7.47. The third-order valence-corrected chi connectivity index (χ3v) is 5.40. The molecule has 3 rings (SSSR count). The van der Waals surface area contributed by atoms with Gasteiger partial charge in [0, 0.05) is 0 Å². The molecular formula is C21H28O2. The highest BCUT2D eigenvalue weighted by molar-refractivity contribution is 5.90. The van der Waals surface area contributed by atoms with Crippen LogP contribution in [0.3, 0.4) is 0 Å². The topological polar surface area (TPSA) is 26.3 Å². The number of carbonyl (C=O) groups is 1. The molecule has 23 heavy (non-hydrogen) atoms. The van der Waals surface area contributed by atoms with Crippen molar-refractivity contribution in [3.05, 3.63) is 41.5 Å². The fourth-order valence-electron chi connectivity index (χ4n) is 3.61. The molecule has 0 amide bonds. The van der Waals surface area contributed by atoms with Gasteiger partial charge < -0.3 is 4.74 Å². The van der Waals surface area contributed by atoms with Gasteiger partial charge in [-0.05, 0) is 80.1 Å². The molecule has 1 aromatic rings. The van der Waals surface area contributed by atoms with Crippen molar-refractivity contribution in [1.29, 1.82) is 0 Å². The van der Waals surface area contributed by atoms with E-state index in [2.05, 4.69) is 32.1 Å². The molecule has 0 N–H and O–H groups in total. The van der Waals surface area contributed by atoms with Gasteiger partial charge in [0.25, 0.3) is 0 Å². The molecule has 2 heteroatoms. The minimum atomic E-state index is -0.164. The smallest absolute Gasteiger partial charge is 0.338 e. The lowest BCUT2D eigenvalue weighted by molar-refractivity contribution is 0.0174. The van der Waals surface area contributed by atoms with Gasteiger partial charge in [0.15, 0.2) is 0 Å². The maximum atomic E-state index is 12.3. The summed E-state index contributed by atoms with van der Waals surface area (Å²) in [6.07, 6.45) is 10.4. The molecule has 0 radical (unpaired) electrons. The molecule has 0 spiro atoms. The predicted molar refractivity (Wildman–Crippen MR) is 94.3 cm³/mol. The van der Waals surface area contributed by atoms with Gasteiger partial charge in [0.05, 0.1) is 5.56 Å². The van der Waals surface area contributed by atoms with Crippen LogP contribution in [0.1, 0.15) is 74.7 Å². The molecular weight excluding hydrogens is 284 g/mol. The van der Waals surface area contributed by atoms with E-state index in [1.807, 2.05) is 12.1 Å². The van der Waals surface area contributed by atoms with Crippen LogP contribution in [-0.2, 0) is 4.74 Å². The zero-order chi connectivity index (χ0) is 16.2. The van der Waals surface area contributed by atoms with Crippen LogP contribution in [0, 0.1) is 11.8 Å². The van der Waals surface area contributed by atoms with Gasteiger partial charge in [-0.1, -0.05) is 32.1 Å². The molecule has 2 nitrogen and oxygen atoms in total. The number of benzene rings is 1. The zero-order valence-electron chi connectivity index (χ0n) is 14.4. The Balaban J connectivity index is 1.59. The van der Waals surface area contributed by atoms with Crippen LogP contribution >= 0.6 is 0 Å². The van der Waals surface area contributed by atoms with E-state index in [1.165, 1.54) is 36.8 Å². The van der Waals surface area contributed by atoms with Crippen LogP contribution in [0.5, 0.6) is 0 Å². The first-order chi connectivity index (χ1) is 11.1. The summed E-state index contributed by atoms with van der Waals surface area (Å²) in [6, 6.07) is 7.98. The molecule has 1 saturated carbocycles. The first-order valence-corrected chi connectivity index (χ1v) is 9.12. The van der Waals surface area contributed by atoms with Crippen molar-refractivity contribution in [3.63, 3.8) is 0 Å². The Hall–Kier alpha value is -1.57. The Labute approximate surface area is 139 Å². The molecule has 0 heterocycles. The lowest BCUT2D eigenvalue weighted by atomic mass is 9.87. The second kappa shape index (κ2) is 7.33. The Morgan fingerprint density at radius 3 is 2.26 bits per heavy atom. The molecule has 0 aromatic heterocycles. The van der Waals surface area contributed by atoms with Crippen molar-refractivity contribution in [3.8, 4) is 0 Å². The van der Waals surface area contributed by atoms with Crippen molar-refractivity contribution in [2.24, 2.45) is 11.8 Å². The fourth-order valence-corrected chi connectivity index (χ4v) is 3.61. The zero-order valence-corrected chi connectivity index (χ0v) is 14.4. The first-order valence-electron chi connectivity index (χ1n) is 9.12. The second-order valence-corrected chi connectivity index (χ2v) is 7.47. The highest BCUT2D eigenvalue weighted by atomic mass is 16.5. The summed E-state index contributed by atoms with van der Waals surface area (Å²) in [4.78, 5) is 12.3. The Kier molecular flexibility index (Phi) is 5.20. The van der Waals surface area contributed by atoms with Crippen LogP contribution in [0.25, 0.3) is 5.57 Å². The number of allylic oxidation sites excluding steroid dienone is 2. The minimum absolute atomic E-state index is 0.112. The van der Waals surface area contributed by atoms with E-state index in [1.54, 1.807) is 0 Å². The van der Waals surface area contributed by atoms with E-state index in [-0.39, 0.29) is 12.1 Å². The van der Waals surface area contributed by atoms with E-state index in [4.69, 9.17) is 4.74 Å². The van der Waals surface area contributed by atoms with E-state index >= 15 is 0 Å². The van der Waals surface area contributed by atoms with E-state index in [0.29, 0.717) is 5.56 Å². The molecule has 1 fully saturated rings. The van der Waals surface area contributed by atoms with Crippen LogP contribution < -0.4 is 0 Å². The van der Waals surface area contributed by atoms with Crippen LogP contribution in [0.2, 0.25) is 0 Å². The van der Waals surface area contributed by atoms with Crippen LogP contribution in [0.4, 0.5) is 0 Å². The number of ether oxygens (including phenoxy) is 1. The van der Waals surface area contributed by atoms with E-state index in [0.717, 1.165) is 31.1 Å². The normalized spacial score (nSPS) is 28.1. The monoisotopic (exact) mass is 312 g/mol. The molecule has 1 atom stereocenters. The molecule has 0 bridgehead atoms. The van der Waals surface area contributed by atoms with E-state index < -0.39 is 0 Å². The fraction of sp³-hybridized carbons (Fsp3) is 0.571. The van der Waals surface area contributed by atoms with Crippen molar-refractivity contribution in [2.75, 3.05) is 0 Å². The standard InChI is InChI=1S/C21H28O2/c1-15-3-7-17(8-4-15)18-9-11-19(12-10-18)21(22)23-20-13-5-16(2)6-14-20/h7,9-12,15-16,20H,3-6,8,13-14H2,1-2H3. The van der Waals surface area contributed by atoms with Crippen molar-refractivity contribution in [1.82, 2.24) is 0 Å². The molecule has 124 valence electrons. The molecule has 1 unspecified atom stereocenters. The van der Waals surface area contributed by atoms with Gasteiger partial charge in [0.2, 0.25) is 0 Å². The quantitative estimate of drug-likeness (QED) is 0.676. The summed E-state index contributed by atoms with van der Waals surface area (Å²) in [6.45, 7) is 4.58. The highest BCUT2D eigenvalue weighted by Crippen LogP contribution is 2.30. The predicted octanol–water partition coefficient (Wildman–Crippen LogP) is 5.63.